The zero-order valence-electron chi connectivity index (χ0n) is 17.8. The molecule has 1 fully saturated rings. The van der Waals surface area contributed by atoms with Crippen molar-refractivity contribution in [2.24, 2.45) is 0 Å². The number of hydrogen-bond acceptors (Lipinski definition) is 5. The first-order valence-corrected chi connectivity index (χ1v) is 10.7. The molecule has 32 heavy (non-hydrogen) atoms. The average molecular weight is 435 g/mol. The Morgan fingerprint density at radius 1 is 0.875 bits per heavy atom. The molecule has 5 amide bonds. The molecule has 8 heteroatoms. The predicted molar refractivity (Wildman–Crippen MR) is 116 cm³/mol. The molecule has 0 aliphatic carbocycles. The fourth-order valence-corrected chi connectivity index (χ4v) is 4.35. The number of imide groups is 2. The summed E-state index contributed by atoms with van der Waals surface area (Å²) in [6.07, 6.45) is 0.736. The van der Waals surface area contributed by atoms with E-state index >= 15 is 0 Å². The Kier molecular flexibility index (Phi) is 5.80. The number of unbranched alkanes of at least 4 members (excludes halogenated alkanes) is 1. The molecule has 2 aliphatic rings. The van der Waals surface area contributed by atoms with Gasteiger partial charge in [-0.25, -0.2) is 4.79 Å². The predicted octanol–water partition coefficient (Wildman–Crippen LogP) is 2.28. The second kappa shape index (κ2) is 8.55. The number of β-amino-alcohol motifs (C(OH)–C–C–N with tert-alkyl or cyclic N) is 1. The summed E-state index contributed by atoms with van der Waals surface area (Å²) in [6.45, 7) is 1.37. The Labute approximate surface area is 185 Å². The van der Waals surface area contributed by atoms with Crippen molar-refractivity contribution in [1.29, 1.82) is 0 Å². The molecule has 0 radical (unpaired) electrons. The van der Waals surface area contributed by atoms with Crippen LogP contribution in [0.15, 0.2) is 54.6 Å². The number of urea groups is 1. The lowest BCUT2D eigenvalue weighted by Crippen LogP contribution is -2.46. The van der Waals surface area contributed by atoms with E-state index in [-0.39, 0.29) is 24.2 Å². The van der Waals surface area contributed by atoms with Crippen LogP contribution in [0.3, 0.4) is 0 Å². The van der Waals surface area contributed by atoms with E-state index in [0.29, 0.717) is 12.0 Å². The highest BCUT2D eigenvalue weighted by molar-refractivity contribution is 6.21. The van der Waals surface area contributed by atoms with E-state index < -0.39 is 35.4 Å². The highest BCUT2D eigenvalue weighted by atomic mass is 16.3. The summed E-state index contributed by atoms with van der Waals surface area (Å²) < 4.78 is 0. The van der Waals surface area contributed by atoms with Gasteiger partial charge in [0.15, 0.2) is 0 Å². The third kappa shape index (κ3) is 3.56. The fraction of sp³-hybridized carbons (Fsp3) is 0.333. The van der Waals surface area contributed by atoms with E-state index in [1.807, 2.05) is 25.1 Å². The van der Waals surface area contributed by atoms with E-state index in [4.69, 9.17) is 0 Å². The number of nitrogens with one attached hydrogen (secondary N) is 1. The number of carbonyl (C=O) groups excluding carboxylic acids is 4. The molecular formula is C24H25N3O5. The van der Waals surface area contributed by atoms with Gasteiger partial charge >= 0.3 is 6.03 Å². The standard InChI is InChI=1S/C24H25N3O5/c1-2-3-13-24(16-9-5-4-6-10-16)22(31)27(23(32)25-24)15-17(28)14-26-20(29)18-11-7-8-12-19(18)21(26)30/h4-12,17,28H,2-3,13-15H2,1H3,(H,25,32)/t17-,24+/m1/s1. The molecule has 0 saturated carbocycles. The van der Waals surface area contributed by atoms with Gasteiger partial charge in [0.25, 0.3) is 17.7 Å². The number of rotatable bonds is 8. The zero-order valence-corrected chi connectivity index (χ0v) is 17.8. The maximum atomic E-state index is 13.4. The van der Waals surface area contributed by atoms with Crippen molar-refractivity contribution in [2.45, 2.75) is 37.8 Å². The summed E-state index contributed by atoms with van der Waals surface area (Å²) in [4.78, 5) is 53.2. The first-order valence-electron chi connectivity index (χ1n) is 10.7. The van der Waals surface area contributed by atoms with Gasteiger partial charge in [-0.2, -0.15) is 0 Å². The molecule has 1 saturated heterocycles. The molecule has 166 valence electrons. The van der Waals surface area contributed by atoms with Crippen LogP contribution in [-0.2, 0) is 10.3 Å². The van der Waals surface area contributed by atoms with Gasteiger partial charge in [0.2, 0.25) is 0 Å². The van der Waals surface area contributed by atoms with E-state index in [1.54, 1.807) is 36.4 Å². The minimum atomic E-state index is -1.27. The minimum Gasteiger partial charge on any atom is -0.389 e. The molecule has 2 aromatic carbocycles. The molecule has 0 aromatic heterocycles. The molecule has 2 atom stereocenters. The van der Waals surface area contributed by atoms with Crippen molar-refractivity contribution >= 4 is 23.8 Å². The lowest BCUT2D eigenvalue weighted by Gasteiger charge is -2.28. The second-order valence-electron chi connectivity index (χ2n) is 8.14. The Morgan fingerprint density at radius 2 is 1.44 bits per heavy atom. The number of aliphatic hydroxyl groups excluding tert-OH is 1. The van der Waals surface area contributed by atoms with Crippen LogP contribution in [0.25, 0.3) is 0 Å². The molecule has 2 N–H and O–H groups in total. The Bertz CT molecular complexity index is 1040. The third-order valence-electron chi connectivity index (χ3n) is 6.01. The maximum Gasteiger partial charge on any atom is 0.325 e. The monoisotopic (exact) mass is 435 g/mol. The van der Waals surface area contributed by atoms with E-state index in [1.165, 1.54) is 0 Å². The van der Waals surface area contributed by atoms with Crippen molar-refractivity contribution in [2.75, 3.05) is 13.1 Å². The van der Waals surface area contributed by atoms with Crippen LogP contribution in [0.4, 0.5) is 4.79 Å². The van der Waals surface area contributed by atoms with E-state index in [0.717, 1.165) is 22.6 Å². The van der Waals surface area contributed by atoms with E-state index in [2.05, 4.69) is 5.32 Å². The highest BCUT2D eigenvalue weighted by Crippen LogP contribution is 2.34. The number of benzene rings is 2. The average Bonchev–Trinajstić information content (AvgIpc) is 3.19. The molecule has 2 aliphatic heterocycles. The molecule has 0 bridgehead atoms. The minimum absolute atomic E-state index is 0.280. The van der Waals surface area contributed by atoms with Crippen LogP contribution in [0.2, 0.25) is 0 Å². The lowest BCUT2D eigenvalue weighted by atomic mass is 9.85. The molecule has 0 unspecified atom stereocenters. The molecular weight excluding hydrogens is 410 g/mol. The van der Waals surface area contributed by atoms with Crippen molar-refractivity contribution in [1.82, 2.24) is 15.1 Å². The zero-order chi connectivity index (χ0) is 22.9. The molecule has 2 heterocycles. The fourth-order valence-electron chi connectivity index (χ4n) is 4.35. The maximum absolute atomic E-state index is 13.4. The molecule has 4 rings (SSSR count). The second-order valence-corrected chi connectivity index (χ2v) is 8.14. The van der Waals surface area contributed by atoms with Crippen LogP contribution >= 0.6 is 0 Å². The van der Waals surface area contributed by atoms with Gasteiger partial charge in [-0.3, -0.25) is 24.2 Å². The lowest BCUT2D eigenvalue weighted by molar-refractivity contribution is -0.133. The van der Waals surface area contributed by atoms with Crippen LogP contribution in [0, 0.1) is 0 Å². The summed E-state index contributed by atoms with van der Waals surface area (Å²) >= 11 is 0. The van der Waals surface area contributed by atoms with Gasteiger partial charge in [-0.15, -0.1) is 0 Å². The van der Waals surface area contributed by atoms with Crippen LogP contribution in [0.1, 0.15) is 52.5 Å². The number of aliphatic hydroxyl groups is 1. The number of nitrogens with zero attached hydrogens (tertiary/aromatic N) is 2. The van der Waals surface area contributed by atoms with Gasteiger partial charge in [0.05, 0.1) is 30.3 Å². The highest BCUT2D eigenvalue weighted by Gasteiger charge is 2.52. The van der Waals surface area contributed by atoms with Crippen LogP contribution < -0.4 is 5.32 Å². The topological polar surface area (TPSA) is 107 Å². The number of carbonyl (C=O) groups is 4. The van der Waals surface area contributed by atoms with Gasteiger partial charge in [0, 0.05) is 0 Å². The summed E-state index contributed by atoms with van der Waals surface area (Å²) in [5, 5.41) is 13.4. The molecule has 0 spiro atoms. The molecule has 8 nitrogen and oxygen atoms in total. The van der Waals surface area contributed by atoms with Crippen molar-refractivity contribution < 1.29 is 24.3 Å². The van der Waals surface area contributed by atoms with E-state index in [9.17, 15) is 24.3 Å². The van der Waals surface area contributed by atoms with Gasteiger partial charge in [0.1, 0.15) is 5.54 Å². The summed E-state index contributed by atoms with van der Waals surface area (Å²) in [5.41, 5.74) is 0.0534. The quantitative estimate of drug-likeness (QED) is 0.489. The van der Waals surface area contributed by atoms with Gasteiger partial charge < -0.3 is 10.4 Å². The number of amides is 5. The van der Waals surface area contributed by atoms with Crippen molar-refractivity contribution in [3.05, 3.63) is 71.3 Å². The first-order chi connectivity index (χ1) is 15.4. The van der Waals surface area contributed by atoms with Crippen LogP contribution in [-0.4, -0.2) is 57.9 Å². The number of hydrogen-bond donors (Lipinski definition) is 2. The van der Waals surface area contributed by atoms with Gasteiger partial charge in [-0.1, -0.05) is 62.2 Å². The molecule has 2 aromatic rings. The Balaban J connectivity index is 1.51. The number of fused-ring (bicyclic) bond motifs is 1. The summed E-state index contributed by atoms with van der Waals surface area (Å²) in [5.74, 6) is -1.43. The van der Waals surface area contributed by atoms with Crippen LogP contribution in [0.5, 0.6) is 0 Å². The Morgan fingerprint density at radius 3 is 2.03 bits per heavy atom. The smallest absolute Gasteiger partial charge is 0.325 e. The summed E-state index contributed by atoms with van der Waals surface area (Å²) in [7, 11) is 0. The van der Waals surface area contributed by atoms with Crippen molar-refractivity contribution in [3.63, 3.8) is 0 Å². The Hall–Kier alpha value is -3.52. The normalized spacial score (nSPS) is 21.2. The van der Waals surface area contributed by atoms with Crippen molar-refractivity contribution in [3.8, 4) is 0 Å². The largest absolute Gasteiger partial charge is 0.389 e. The first kappa shape index (κ1) is 21.7. The van der Waals surface area contributed by atoms with Gasteiger partial charge in [-0.05, 0) is 24.1 Å². The third-order valence-corrected chi connectivity index (χ3v) is 6.01. The SMILES string of the molecule is CCCC[C@@]1(c2ccccc2)NC(=O)N(C[C@H](O)CN2C(=O)c3ccccc3C2=O)C1=O. The summed E-state index contributed by atoms with van der Waals surface area (Å²) in [6, 6.07) is 14.9.